The van der Waals surface area contributed by atoms with E-state index in [1.165, 1.54) is 6.07 Å². The highest BCUT2D eigenvalue weighted by molar-refractivity contribution is 6.36. The molecule has 1 aliphatic heterocycles. The number of aromatic nitrogens is 1. The number of benzene rings is 2. The number of ether oxygens (including phenoxy) is 1. The molecule has 4 rings (SSSR count). The third-order valence-corrected chi connectivity index (χ3v) is 6.22. The third kappa shape index (κ3) is 3.68. The van der Waals surface area contributed by atoms with Gasteiger partial charge in [-0.1, -0.05) is 36.7 Å². The second-order valence-corrected chi connectivity index (χ2v) is 9.54. The number of aromatic amines is 1. The van der Waals surface area contributed by atoms with Gasteiger partial charge in [0.05, 0.1) is 21.6 Å². The van der Waals surface area contributed by atoms with Crippen molar-refractivity contribution in [3.05, 3.63) is 52.7 Å². The van der Waals surface area contributed by atoms with Gasteiger partial charge in [-0.15, -0.1) is 0 Å². The Morgan fingerprint density at radius 1 is 1.28 bits per heavy atom. The fraction of sp³-hybridized carbons (Fsp3) is 0.375. The number of carbonyl (C=O) groups is 1. The highest BCUT2D eigenvalue weighted by atomic mass is 35.5. The number of rotatable bonds is 3. The van der Waals surface area contributed by atoms with Crippen molar-refractivity contribution >= 4 is 34.3 Å². The number of halogens is 3. The molecule has 170 valence electrons. The van der Waals surface area contributed by atoms with Crippen LogP contribution in [0.5, 0.6) is 0 Å². The summed E-state index contributed by atoms with van der Waals surface area (Å²) < 4.78 is 36.9. The van der Waals surface area contributed by atoms with Gasteiger partial charge in [0.15, 0.2) is 0 Å². The summed E-state index contributed by atoms with van der Waals surface area (Å²) in [6.07, 6.45) is 0.328. The van der Waals surface area contributed by atoms with Gasteiger partial charge in [-0.2, -0.15) is 0 Å². The van der Waals surface area contributed by atoms with Crippen molar-refractivity contribution in [2.75, 3.05) is 5.32 Å². The molecular weight excluding hydrogens is 436 g/mol. The summed E-state index contributed by atoms with van der Waals surface area (Å²) in [5, 5.41) is 7.01. The van der Waals surface area contributed by atoms with Crippen LogP contribution in [0.25, 0.3) is 22.0 Å². The van der Waals surface area contributed by atoms with Crippen molar-refractivity contribution in [1.82, 2.24) is 10.3 Å². The fourth-order valence-electron chi connectivity index (χ4n) is 4.59. The summed E-state index contributed by atoms with van der Waals surface area (Å²) in [6, 6.07) is 6.35. The Balaban J connectivity index is 1.84. The van der Waals surface area contributed by atoms with Crippen LogP contribution >= 0.6 is 11.6 Å². The lowest BCUT2D eigenvalue weighted by atomic mass is 9.77. The predicted octanol–water partition coefficient (Wildman–Crippen LogP) is 6.58. The van der Waals surface area contributed by atoms with Crippen molar-refractivity contribution in [2.24, 2.45) is 0 Å². The van der Waals surface area contributed by atoms with Crippen LogP contribution in [0, 0.1) is 11.6 Å². The van der Waals surface area contributed by atoms with Crippen LogP contribution in [0.4, 0.5) is 19.3 Å². The highest BCUT2D eigenvalue weighted by Gasteiger charge is 2.45. The van der Waals surface area contributed by atoms with Crippen molar-refractivity contribution in [3.63, 3.8) is 0 Å². The Kier molecular flexibility index (Phi) is 5.57. The van der Waals surface area contributed by atoms with Crippen LogP contribution in [0.15, 0.2) is 30.5 Å². The van der Waals surface area contributed by atoms with Crippen LogP contribution < -0.4 is 10.6 Å². The fourth-order valence-corrected chi connectivity index (χ4v) is 4.80. The Labute approximate surface area is 190 Å². The maximum absolute atomic E-state index is 16.0. The van der Waals surface area contributed by atoms with Gasteiger partial charge in [0.1, 0.15) is 17.7 Å². The molecule has 1 aromatic heterocycles. The van der Waals surface area contributed by atoms with Crippen LogP contribution in [-0.4, -0.2) is 28.8 Å². The quantitative estimate of drug-likeness (QED) is 0.413. The average Bonchev–Trinajstić information content (AvgIpc) is 3.05. The molecule has 8 heteroatoms. The number of hydrogen-bond donors (Lipinski definition) is 3. The standard InChI is InChI=1S/C24H26ClF2N3O2/c1-11(2)29-23(31)32-22-12(3)18-17(30-24(22,4)5)9-16(26)19(20(18)27)14-8-6-7-13-15(25)10-28-21(13)14/h6-12,22,28,30H,1-5H3,(H,29,31)/t12-,22+/m1/s1. The van der Waals surface area contributed by atoms with E-state index in [4.69, 9.17) is 16.3 Å². The Morgan fingerprint density at radius 3 is 2.69 bits per heavy atom. The first-order chi connectivity index (χ1) is 15.0. The first-order valence-corrected chi connectivity index (χ1v) is 10.9. The number of H-pyrrole nitrogens is 1. The number of hydrogen-bond acceptors (Lipinski definition) is 3. The van der Waals surface area contributed by atoms with E-state index < -0.39 is 35.3 Å². The number of amides is 1. The molecule has 1 amide bonds. The smallest absolute Gasteiger partial charge is 0.407 e. The molecule has 0 fully saturated rings. The predicted molar refractivity (Wildman–Crippen MR) is 123 cm³/mol. The molecule has 0 saturated carbocycles. The number of nitrogens with one attached hydrogen (secondary N) is 3. The lowest BCUT2D eigenvalue weighted by Crippen LogP contribution is -2.53. The summed E-state index contributed by atoms with van der Waals surface area (Å²) >= 11 is 6.20. The Morgan fingerprint density at radius 2 is 2.00 bits per heavy atom. The minimum absolute atomic E-state index is 0.102. The number of anilines is 1. The van der Waals surface area contributed by atoms with Gasteiger partial charge in [0.25, 0.3) is 0 Å². The average molecular weight is 462 g/mol. The maximum Gasteiger partial charge on any atom is 0.407 e. The molecule has 0 radical (unpaired) electrons. The zero-order valence-corrected chi connectivity index (χ0v) is 19.3. The molecule has 0 aliphatic carbocycles. The highest BCUT2D eigenvalue weighted by Crippen LogP contribution is 2.46. The molecular formula is C24H26ClF2N3O2. The van der Waals surface area contributed by atoms with Crippen LogP contribution in [0.3, 0.4) is 0 Å². The normalized spacial score (nSPS) is 19.5. The van der Waals surface area contributed by atoms with Crippen molar-refractivity contribution in [1.29, 1.82) is 0 Å². The van der Waals surface area contributed by atoms with Gasteiger partial charge >= 0.3 is 6.09 Å². The number of alkyl carbamates (subject to hydrolysis) is 1. The van der Waals surface area contributed by atoms with Crippen molar-refractivity contribution in [2.45, 2.75) is 58.2 Å². The molecule has 0 spiro atoms. The molecule has 3 aromatic rings. The van der Waals surface area contributed by atoms with Gasteiger partial charge in [-0.3, -0.25) is 0 Å². The van der Waals surface area contributed by atoms with Crippen LogP contribution in [0.1, 0.15) is 46.1 Å². The summed E-state index contributed by atoms with van der Waals surface area (Å²) in [5.41, 5.74) is 0.662. The minimum atomic E-state index is -0.742. The largest absolute Gasteiger partial charge is 0.443 e. The second kappa shape index (κ2) is 7.96. The lowest BCUT2D eigenvalue weighted by molar-refractivity contribution is 0.0454. The van der Waals surface area contributed by atoms with E-state index in [9.17, 15) is 4.79 Å². The molecule has 32 heavy (non-hydrogen) atoms. The van der Waals surface area contributed by atoms with E-state index in [0.717, 1.165) is 0 Å². The monoisotopic (exact) mass is 461 g/mol. The zero-order chi connectivity index (χ0) is 23.4. The lowest BCUT2D eigenvalue weighted by Gasteiger charge is -2.44. The first-order valence-electron chi connectivity index (χ1n) is 10.5. The van der Waals surface area contributed by atoms with Gasteiger partial charge in [-0.05, 0) is 33.8 Å². The summed E-state index contributed by atoms with van der Waals surface area (Å²) in [6.45, 7) is 9.11. The van der Waals surface area contributed by atoms with Gasteiger partial charge in [-0.25, -0.2) is 13.6 Å². The molecule has 2 heterocycles. The second-order valence-electron chi connectivity index (χ2n) is 9.13. The summed E-state index contributed by atoms with van der Waals surface area (Å²) in [5.74, 6) is -1.90. The number of carbonyl (C=O) groups excluding carboxylic acids is 1. The topological polar surface area (TPSA) is 66.1 Å². The van der Waals surface area contributed by atoms with E-state index in [0.29, 0.717) is 27.2 Å². The van der Waals surface area contributed by atoms with Crippen LogP contribution in [0.2, 0.25) is 5.02 Å². The van der Waals surface area contributed by atoms with E-state index in [2.05, 4.69) is 15.6 Å². The third-order valence-electron chi connectivity index (χ3n) is 5.91. The van der Waals surface area contributed by atoms with E-state index in [-0.39, 0.29) is 17.2 Å². The molecule has 3 N–H and O–H groups in total. The van der Waals surface area contributed by atoms with Crippen molar-refractivity contribution < 1.29 is 18.3 Å². The molecule has 0 saturated heterocycles. The van der Waals surface area contributed by atoms with E-state index in [1.54, 1.807) is 31.3 Å². The van der Waals surface area contributed by atoms with E-state index >= 15 is 8.78 Å². The van der Waals surface area contributed by atoms with Gasteiger partial charge in [0, 0.05) is 40.4 Å². The zero-order valence-electron chi connectivity index (χ0n) is 18.6. The Bertz CT molecular complexity index is 1210. The van der Waals surface area contributed by atoms with Gasteiger partial charge in [0.2, 0.25) is 0 Å². The molecule has 2 aromatic carbocycles. The summed E-state index contributed by atoms with van der Waals surface area (Å²) in [7, 11) is 0. The maximum atomic E-state index is 16.0. The van der Waals surface area contributed by atoms with E-state index in [1.807, 2.05) is 27.7 Å². The SMILES string of the molecule is CC(C)NC(=O)O[C@H]1[C@H](C)c2c(cc(F)c(-c3cccc4c(Cl)c[nH]c34)c2F)NC1(C)C. The first kappa shape index (κ1) is 22.4. The number of para-hydroxylation sites is 1. The van der Waals surface area contributed by atoms with Crippen molar-refractivity contribution in [3.8, 4) is 11.1 Å². The van der Waals surface area contributed by atoms with Gasteiger partial charge < -0.3 is 20.4 Å². The molecule has 0 unspecified atom stereocenters. The number of fused-ring (bicyclic) bond motifs is 2. The molecule has 0 bridgehead atoms. The Hall–Kier alpha value is -2.80. The molecule has 5 nitrogen and oxygen atoms in total. The molecule has 2 atom stereocenters. The minimum Gasteiger partial charge on any atom is -0.443 e. The summed E-state index contributed by atoms with van der Waals surface area (Å²) in [4.78, 5) is 15.3. The van der Waals surface area contributed by atoms with Crippen LogP contribution in [-0.2, 0) is 4.74 Å². The molecule has 1 aliphatic rings.